The maximum absolute atomic E-state index is 12.6. The Morgan fingerprint density at radius 1 is 1.26 bits per heavy atom. The maximum Gasteiger partial charge on any atom is 0.332 e. The van der Waals surface area contributed by atoms with Crippen molar-refractivity contribution in [2.24, 2.45) is 25.9 Å². The Morgan fingerprint density at radius 3 is 2.52 bits per heavy atom. The SMILES string of the molecule is Cn1cnc2c1c(=O)n(CC1CCC(C(=O)O)CC1)c(=O)n2C. The number of hydrogen-bond acceptors (Lipinski definition) is 4. The topological polar surface area (TPSA) is 99.1 Å². The lowest BCUT2D eigenvalue weighted by Gasteiger charge is -2.26. The number of aliphatic carboxylic acids is 1. The van der Waals surface area contributed by atoms with Gasteiger partial charge < -0.3 is 9.67 Å². The van der Waals surface area contributed by atoms with Crippen molar-refractivity contribution in [1.29, 1.82) is 0 Å². The number of nitrogens with zero attached hydrogens (tertiary/aromatic N) is 4. The van der Waals surface area contributed by atoms with Crippen LogP contribution in [0.1, 0.15) is 25.7 Å². The van der Waals surface area contributed by atoms with E-state index in [2.05, 4.69) is 4.98 Å². The number of hydrogen-bond donors (Lipinski definition) is 1. The van der Waals surface area contributed by atoms with Gasteiger partial charge in [-0.05, 0) is 31.6 Å². The van der Waals surface area contributed by atoms with Gasteiger partial charge >= 0.3 is 11.7 Å². The number of carboxylic acids is 1. The van der Waals surface area contributed by atoms with Crippen molar-refractivity contribution < 1.29 is 9.90 Å². The predicted octanol–water partition coefficient (Wildman–Crippen LogP) is 0.325. The third-order valence-corrected chi connectivity index (χ3v) is 4.84. The summed E-state index contributed by atoms with van der Waals surface area (Å²) in [5.74, 6) is -0.903. The molecule has 0 unspecified atom stereocenters. The first kappa shape index (κ1) is 15.5. The summed E-state index contributed by atoms with van der Waals surface area (Å²) in [5.41, 5.74) is 0.0877. The van der Waals surface area contributed by atoms with E-state index >= 15 is 0 Å². The van der Waals surface area contributed by atoms with Crippen molar-refractivity contribution in [3.05, 3.63) is 27.2 Å². The van der Waals surface area contributed by atoms with Crippen molar-refractivity contribution in [1.82, 2.24) is 18.7 Å². The standard InChI is InChI=1S/C15H20N4O4/c1-17-8-16-12-11(17)13(20)19(15(23)18(12)2)7-9-3-5-10(6-4-9)14(21)22/h8-10H,3-7H2,1-2H3,(H,21,22). The number of aryl methyl sites for hydroxylation is 2. The molecule has 2 heterocycles. The molecule has 8 heteroatoms. The lowest BCUT2D eigenvalue weighted by Crippen LogP contribution is -2.41. The van der Waals surface area contributed by atoms with Gasteiger partial charge in [-0.3, -0.25) is 18.7 Å². The van der Waals surface area contributed by atoms with Gasteiger partial charge in [0, 0.05) is 20.6 Å². The lowest BCUT2D eigenvalue weighted by molar-refractivity contribution is -0.143. The second-order valence-electron chi connectivity index (χ2n) is 6.34. The monoisotopic (exact) mass is 320 g/mol. The largest absolute Gasteiger partial charge is 0.481 e. The maximum atomic E-state index is 12.6. The van der Waals surface area contributed by atoms with Crippen LogP contribution in [0.4, 0.5) is 0 Å². The molecule has 1 aliphatic rings. The Bertz CT molecular complexity index is 868. The van der Waals surface area contributed by atoms with Crippen molar-refractivity contribution >= 4 is 17.1 Å². The minimum atomic E-state index is -0.757. The highest BCUT2D eigenvalue weighted by Crippen LogP contribution is 2.29. The fourth-order valence-corrected chi connectivity index (χ4v) is 3.41. The molecule has 0 radical (unpaired) electrons. The third kappa shape index (κ3) is 2.58. The zero-order valence-corrected chi connectivity index (χ0v) is 13.2. The fraction of sp³-hybridized carbons (Fsp3) is 0.600. The van der Waals surface area contributed by atoms with E-state index < -0.39 is 5.97 Å². The Hall–Kier alpha value is -2.38. The molecule has 1 fully saturated rings. The van der Waals surface area contributed by atoms with Crippen molar-refractivity contribution in [2.75, 3.05) is 0 Å². The molecule has 124 valence electrons. The lowest BCUT2D eigenvalue weighted by atomic mass is 9.82. The molecule has 8 nitrogen and oxygen atoms in total. The summed E-state index contributed by atoms with van der Waals surface area (Å²) in [6.07, 6.45) is 4.16. The summed E-state index contributed by atoms with van der Waals surface area (Å²) in [7, 11) is 3.33. The van der Waals surface area contributed by atoms with Crippen molar-refractivity contribution in [2.45, 2.75) is 32.2 Å². The molecule has 0 aliphatic heterocycles. The molecule has 0 spiro atoms. The smallest absolute Gasteiger partial charge is 0.332 e. The van der Waals surface area contributed by atoms with Crippen LogP contribution in [0.25, 0.3) is 11.2 Å². The first-order chi connectivity index (χ1) is 10.9. The quantitative estimate of drug-likeness (QED) is 0.878. The molecule has 2 aromatic rings. The van der Waals surface area contributed by atoms with Crippen LogP contribution in [0.5, 0.6) is 0 Å². The summed E-state index contributed by atoms with van der Waals surface area (Å²) in [4.78, 5) is 40.2. The van der Waals surface area contributed by atoms with E-state index in [1.165, 1.54) is 15.5 Å². The first-order valence-electron chi connectivity index (χ1n) is 7.73. The molecular weight excluding hydrogens is 300 g/mol. The van der Waals surface area contributed by atoms with Crippen molar-refractivity contribution in [3.63, 3.8) is 0 Å². The van der Waals surface area contributed by atoms with E-state index in [-0.39, 0.29) is 23.1 Å². The second kappa shape index (κ2) is 5.68. The zero-order valence-electron chi connectivity index (χ0n) is 13.2. The van der Waals surface area contributed by atoms with Crippen LogP contribution < -0.4 is 11.2 Å². The van der Waals surface area contributed by atoms with Crippen LogP contribution >= 0.6 is 0 Å². The van der Waals surface area contributed by atoms with Crippen LogP contribution in [0, 0.1) is 11.8 Å². The Morgan fingerprint density at radius 2 is 1.91 bits per heavy atom. The Labute approximate surface area is 132 Å². The summed E-state index contributed by atoms with van der Waals surface area (Å²) >= 11 is 0. The molecule has 1 aliphatic carbocycles. The third-order valence-electron chi connectivity index (χ3n) is 4.84. The minimum absolute atomic E-state index is 0.154. The van der Waals surface area contributed by atoms with Crippen LogP contribution in [0.15, 0.2) is 15.9 Å². The minimum Gasteiger partial charge on any atom is -0.481 e. The number of carbonyl (C=O) groups is 1. The van der Waals surface area contributed by atoms with Gasteiger partial charge in [-0.25, -0.2) is 9.78 Å². The average molecular weight is 320 g/mol. The van der Waals surface area contributed by atoms with Crippen molar-refractivity contribution in [3.8, 4) is 0 Å². The number of fused-ring (bicyclic) bond motifs is 1. The molecule has 1 saturated carbocycles. The van der Waals surface area contributed by atoms with Gasteiger partial charge in [0.15, 0.2) is 11.2 Å². The predicted molar refractivity (Wildman–Crippen MR) is 83.3 cm³/mol. The first-order valence-corrected chi connectivity index (χ1v) is 7.73. The van der Waals surface area contributed by atoms with Gasteiger partial charge in [-0.2, -0.15) is 0 Å². The Kier molecular flexibility index (Phi) is 3.83. The number of aromatic nitrogens is 4. The fourth-order valence-electron chi connectivity index (χ4n) is 3.41. The van der Waals surface area contributed by atoms with E-state index in [9.17, 15) is 14.4 Å². The number of imidazole rings is 1. The highest BCUT2D eigenvalue weighted by molar-refractivity contribution is 5.70. The zero-order chi connectivity index (χ0) is 16.7. The molecule has 3 rings (SSSR count). The van der Waals surface area contributed by atoms with Gasteiger partial charge in [-0.15, -0.1) is 0 Å². The molecule has 1 N–H and O–H groups in total. The number of carboxylic acid groups (broad SMARTS) is 1. The molecule has 0 amide bonds. The Balaban J connectivity index is 1.92. The van der Waals surface area contributed by atoms with E-state index in [0.717, 1.165) is 12.8 Å². The second-order valence-corrected chi connectivity index (χ2v) is 6.34. The molecule has 0 aromatic carbocycles. The summed E-state index contributed by atoms with van der Waals surface area (Å²) in [6.45, 7) is 0.332. The molecular formula is C15H20N4O4. The van der Waals surface area contributed by atoms with E-state index in [4.69, 9.17) is 5.11 Å². The van der Waals surface area contributed by atoms with E-state index in [0.29, 0.717) is 30.6 Å². The van der Waals surface area contributed by atoms with Gasteiger partial charge in [-0.1, -0.05) is 0 Å². The van der Waals surface area contributed by atoms with Crippen LogP contribution in [-0.4, -0.2) is 29.8 Å². The van der Waals surface area contributed by atoms with E-state index in [1.54, 1.807) is 18.7 Å². The van der Waals surface area contributed by atoms with E-state index in [1.807, 2.05) is 0 Å². The highest BCUT2D eigenvalue weighted by Gasteiger charge is 2.27. The van der Waals surface area contributed by atoms with Gasteiger partial charge in [0.2, 0.25) is 0 Å². The summed E-state index contributed by atoms with van der Waals surface area (Å²) < 4.78 is 4.27. The van der Waals surface area contributed by atoms with Crippen LogP contribution in [0.2, 0.25) is 0 Å². The normalized spacial score (nSPS) is 21.7. The molecule has 2 aromatic heterocycles. The molecule has 0 atom stereocenters. The van der Waals surface area contributed by atoms with Gasteiger partial charge in [0.1, 0.15) is 0 Å². The number of rotatable bonds is 3. The highest BCUT2D eigenvalue weighted by atomic mass is 16.4. The van der Waals surface area contributed by atoms with Crippen LogP contribution in [0.3, 0.4) is 0 Å². The van der Waals surface area contributed by atoms with Gasteiger partial charge in [0.05, 0.1) is 12.2 Å². The molecule has 23 heavy (non-hydrogen) atoms. The molecule has 0 saturated heterocycles. The summed E-state index contributed by atoms with van der Waals surface area (Å²) in [6, 6.07) is 0. The summed E-state index contributed by atoms with van der Waals surface area (Å²) in [5, 5.41) is 9.05. The molecule has 0 bridgehead atoms. The van der Waals surface area contributed by atoms with Gasteiger partial charge in [0.25, 0.3) is 5.56 Å². The average Bonchev–Trinajstić information content (AvgIpc) is 2.92. The van der Waals surface area contributed by atoms with Crippen LogP contribution in [-0.2, 0) is 25.4 Å².